The molecule has 0 aliphatic carbocycles. The van der Waals surface area contributed by atoms with E-state index in [-0.39, 0.29) is 11.3 Å². The lowest BCUT2D eigenvalue weighted by Gasteiger charge is -2.13. The Morgan fingerprint density at radius 1 is 1.47 bits per heavy atom. The fourth-order valence-corrected chi connectivity index (χ4v) is 2.46. The smallest absolute Gasteiger partial charge is 0.336 e. The van der Waals surface area contributed by atoms with Gasteiger partial charge in [0.1, 0.15) is 0 Å². The Balaban J connectivity index is 2.66. The molecule has 7 heteroatoms. The zero-order valence-electron chi connectivity index (χ0n) is 10.1. The van der Waals surface area contributed by atoms with Gasteiger partial charge in [-0.05, 0) is 30.2 Å². The lowest BCUT2D eigenvalue weighted by molar-refractivity contribution is 0.0696. The van der Waals surface area contributed by atoms with Gasteiger partial charge >= 0.3 is 5.97 Å². The number of hydrogen-bond donors (Lipinski definition) is 2. The molecule has 19 heavy (non-hydrogen) atoms. The lowest BCUT2D eigenvalue weighted by atomic mass is 10.0. The standard InChI is InChI=1S/C12H12N2O4S/c1-8-10(12(15)16)4-3-9(7-19(17)18)11(8)14-6-2-5-13-14/h2-6H,7H2,1H3,(H,15,16)(H,17,18). The SMILES string of the molecule is Cc1c(C(=O)O)ccc(CS(=O)O)c1-n1cccn1. The largest absolute Gasteiger partial charge is 0.478 e. The van der Waals surface area contributed by atoms with Crippen LogP contribution >= 0.6 is 0 Å². The van der Waals surface area contributed by atoms with Gasteiger partial charge in [-0.15, -0.1) is 0 Å². The summed E-state index contributed by atoms with van der Waals surface area (Å²) in [6.07, 6.45) is 3.23. The average molecular weight is 280 g/mol. The molecule has 2 N–H and O–H groups in total. The van der Waals surface area contributed by atoms with E-state index in [4.69, 9.17) is 9.66 Å². The van der Waals surface area contributed by atoms with E-state index in [1.807, 2.05) is 0 Å². The van der Waals surface area contributed by atoms with Crippen molar-refractivity contribution < 1.29 is 18.7 Å². The predicted octanol–water partition coefficient (Wildman–Crippen LogP) is 1.60. The zero-order chi connectivity index (χ0) is 14.0. The number of benzene rings is 1. The van der Waals surface area contributed by atoms with Crippen LogP contribution in [-0.4, -0.2) is 29.6 Å². The van der Waals surface area contributed by atoms with Crippen molar-refractivity contribution in [2.75, 3.05) is 0 Å². The molecule has 0 saturated heterocycles. The summed E-state index contributed by atoms with van der Waals surface area (Å²) in [5, 5.41) is 13.2. The van der Waals surface area contributed by atoms with E-state index in [0.29, 0.717) is 16.8 Å². The van der Waals surface area contributed by atoms with Gasteiger partial charge in [0.2, 0.25) is 0 Å². The second-order valence-corrected chi connectivity index (χ2v) is 4.90. The van der Waals surface area contributed by atoms with Crippen molar-refractivity contribution >= 4 is 17.0 Å². The van der Waals surface area contributed by atoms with Gasteiger partial charge < -0.3 is 9.66 Å². The molecule has 0 fully saturated rings. The number of carboxylic acids is 1. The highest BCUT2D eigenvalue weighted by Crippen LogP contribution is 2.23. The molecule has 1 atom stereocenters. The molecule has 0 amide bonds. The maximum atomic E-state index is 11.1. The molecular formula is C12H12N2O4S. The van der Waals surface area contributed by atoms with Gasteiger partial charge in [0.05, 0.1) is 17.0 Å². The first-order valence-corrected chi connectivity index (χ1v) is 6.71. The van der Waals surface area contributed by atoms with Gasteiger partial charge in [0.25, 0.3) is 0 Å². The van der Waals surface area contributed by atoms with Crippen molar-refractivity contribution in [2.24, 2.45) is 0 Å². The van der Waals surface area contributed by atoms with Crippen molar-refractivity contribution in [2.45, 2.75) is 12.7 Å². The highest BCUT2D eigenvalue weighted by Gasteiger charge is 2.17. The van der Waals surface area contributed by atoms with Crippen LogP contribution in [0.3, 0.4) is 0 Å². The maximum Gasteiger partial charge on any atom is 0.336 e. The molecule has 0 spiro atoms. The first-order chi connectivity index (χ1) is 9.00. The van der Waals surface area contributed by atoms with E-state index in [9.17, 15) is 9.00 Å². The Bertz CT molecular complexity index is 637. The molecule has 100 valence electrons. The third kappa shape index (κ3) is 2.72. The predicted molar refractivity (Wildman–Crippen MR) is 69.7 cm³/mol. The molecule has 0 bridgehead atoms. The fourth-order valence-electron chi connectivity index (χ4n) is 1.96. The second kappa shape index (κ2) is 5.33. The Labute approximate surface area is 112 Å². The molecule has 2 aromatic rings. The van der Waals surface area contributed by atoms with Gasteiger partial charge in [0.15, 0.2) is 11.1 Å². The van der Waals surface area contributed by atoms with E-state index in [1.54, 1.807) is 31.5 Å². The molecule has 0 saturated carbocycles. The number of hydrogen-bond acceptors (Lipinski definition) is 3. The summed E-state index contributed by atoms with van der Waals surface area (Å²) < 4.78 is 21.5. The van der Waals surface area contributed by atoms with E-state index < -0.39 is 17.0 Å². The van der Waals surface area contributed by atoms with Crippen LogP contribution in [0.4, 0.5) is 0 Å². The van der Waals surface area contributed by atoms with Crippen LogP contribution < -0.4 is 0 Å². The minimum Gasteiger partial charge on any atom is -0.478 e. The third-order valence-corrected chi connectivity index (χ3v) is 3.32. The van der Waals surface area contributed by atoms with Crippen LogP contribution in [0.25, 0.3) is 5.69 Å². The van der Waals surface area contributed by atoms with E-state index in [1.165, 1.54) is 10.7 Å². The molecule has 1 heterocycles. The van der Waals surface area contributed by atoms with Crippen LogP contribution in [0, 0.1) is 6.92 Å². The van der Waals surface area contributed by atoms with Crippen LogP contribution in [0.2, 0.25) is 0 Å². The summed E-state index contributed by atoms with van der Waals surface area (Å²) in [6.45, 7) is 1.66. The zero-order valence-corrected chi connectivity index (χ0v) is 10.9. The number of carboxylic acid groups (broad SMARTS) is 1. The highest BCUT2D eigenvalue weighted by molar-refractivity contribution is 7.78. The second-order valence-electron chi connectivity index (χ2n) is 3.97. The van der Waals surface area contributed by atoms with E-state index >= 15 is 0 Å². The highest BCUT2D eigenvalue weighted by atomic mass is 32.2. The number of aromatic nitrogens is 2. The Morgan fingerprint density at radius 2 is 2.21 bits per heavy atom. The molecule has 1 aromatic heterocycles. The Hall–Kier alpha value is -1.99. The maximum absolute atomic E-state index is 11.1. The van der Waals surface area contributed by atoms with Crippen LogP contribution in [-0.2, 0) is 16.8 Å². The van der Waals surface area contributed by atoms with Gasteiger partial charge in [-0.3, -0.25) is 0 Å². The van der Waals surface area contributed by atoms with Gasteiger partial charge in [-0.1, -0.05) is 6.07 Å². The van der Waals surface area contributed by atoms with Gasteiger partial charge in [-0.25, -0.2) is 13.7 Å². The number of rotatable bonds is 4. The summed E-state index contributed by atoms with van der Waals surface area (Å²) in [6, 6.07) is 4.68. The van der Waals surface area contributed by atoms with E-state index in [0.717, 1.165) is 0 Å². The fraction of sp³-hybridized carbons (Fsp3) is 0.167. The van der Waals surface area contributed by atoms with Crippen LogP contribution in [0.1, 0.15) is 21.5 Å². The molecule has 6 nitrogen and oxygen atoms in total. The van der Waals surface area contributed by atoms with Crippen molar-refractivity contribution in [3.8, 4) is 5.69 Å². The molecule has 1 aromatic carbocycles. The molecule has 1 unspecified atom stereocenters. The quantitative estimate of drug-likeness (QED) is 0.830. The minimum absolute atomic E-state index is 0.0735. The number of nitrogens with zero attached hydrogens (tertiary/aromatic N) is 2. The molecule has 0 aliphatic heterocycles. The normalized spacial score (nSPS) is 12.3. The summed E-state index contributed by atoms with van der Waals surface area (Å²) in [5.41, 5.74) is 1.77. The topological polar surface area (TPSA) is 92.4 Å². The van der Waals surface area contributed by atoms with Gasteiger partial charge in [0, 0.05) is 12.4 Å². The first kappa shape index (κ1) is 13.4. The average Bonchev–Trinajstić information content (AvgIpc) is 2.81. The summed E-state index contributed by atoms with van der Waals surface area (Å²) in [5.74, 6) is -1.11. The Morgan fingerprint density at radius 3 is 2.74 bits per heavy atom. The monoisotopic (exact) mass is 280 g/mol. The summed E-state index contributed by atoms with van der Waals surface area (Å²) in [7, 11) is 0. The van der Waals surface area contributed by atoms with Crippen molar-refractivity contribution in [3.05, 3.63) is 47.3 Å². The van der Waals surface area contributed by atoms with Crippen molar-refractivity contribution in [1.82, 2.24) is 9.78 Å². The number of carbonyl (C=O) groups is 1. The van der Waals surface area contributed by atoms with E-state index in [2.05, 4.69) is 5.10 Å². The van der Waals surface area contributed by atoms with Crippen LogP contribution in [0.15, 0.2) is 30.6 Å². The summed E-state index contributed by atoms with van der Waals surface area (Å²) in [4.78, 5) is 11.1. The molecule has 2 rings (SSSR count). The Kier molecular flexibility index (Phi) is 3.77. The lowest BCUT2D eigenvalue weighted by Crippen LogP contribution is -2.10. The third-order valence-electron chi connectivity index (χ3n) is 2.76. The molecule has 0 radical (unpaired) electrons. The van der Waals surface area contributed by atoms with Crippen molar-refractivity contribution in [1.29, 1.82) is 0 Å². The number of aromatic carboxylic acids is 1. The molecule has 0 aliphatic rings. The van der Waals surface area contributed by atoms with Gasteiger partial charge in [-0.2, -0.15) is 5.10 Å². The van der Waals surface area contributed by atoms with Crippen molar-refractivity contribution in [3.63, 3.8) is 0 Å². The first-order valence-electron chi connectivity index (χ1n) is 5.44. The minimum atomic E-state index is -2.00. The molecular weight excluding hydrogens is 268 g/mol. The van der Waals surface area contributed by atoms with Crippen LogP contribution in [0.5, 0.6) is 0 Å². The summed E-state index contributed by atoms with van der Waals surface area (Å²) >= 11 is -2.00.